The molecule has 0 bridgehead atoms. The Labute approximate surface area is 110 Å². The molecule has 6 heteroatoms. The zero-order chi connectivity index (χ0) is 14.0. The molecule has 2 aromatic rings. The number of nitrogens with two attached hydrogens (primary N) is 1. The molecule has 0 aliphatic heterocycles. The summed E-state index contributed by atoms with van der Waals surface area (Å²) in [5.41, 5.74) is 7.11. The number of hydrogen-bond donors (Lipinski definition) is 1. The maximum atomic E-state index is 11.0. The first-order chi connectivity index (χ1) is 8.99. The number of nitrogen functional groups attached to an aromatic ring is 1. The number of benzene rings is 1. The molecule has 0 saturated carbocycles. The van der Waals surface area contributed by atoms with E-state index in [-0.39, 0.29) is 11.5 Å². The minimum absolute atomic E-state index is 0.0968. The number of aromatic nitrogens is 2. The zero-order valence-electron chi connectivity index (χ0n) is 10.5. The molecular weight excluding hydrogens is 244 g/mol. The van der Waals surface area contributed by atoms with Gasteiger partial charge in [0.2, 0.25) is 5.69 Å². The summed E-state index contributed by atoms with van der Waals surface area (Å²) in [5, 5.41) is 11.0. The maximum Gasteiger partial charge on any atom is 0.358 e. The second-order valence-electron chi connectivity index (χ2n) is 4.02. The fourth-order valence-corrected chi connectivity index (χ4v) is 1.59. The van der Waals surface area contributed by atoms with E-state index in [2.05, 4.69) is 16.8 Å². The Morgan fingerprint density at radius 3 is 2.53 bits per heavy atom. The summed E-state index contributed by atoms with van der Waals surface area (Å²) in [5.74, 6) is 6.02. The molecule has 0 radical (unpaired) electrons. The van der Waals surface area contributed by atoms with Crippen LogP contribution < -0.4 is 5.73 Å². The van der Waals surface area contributed by atoms with Crippen molar-refractivity contribution in [3.63, 3.8) is 0 Å². The Morgan fingerprint density at radius 1 is 1.32 bits per heavy atom. The second-order valence-corrected chi connectivity index (χ2v) is 4.02. The summed E-state index contributed by atoms with van der Waals surface area (Å²) in [7, 11) is 1.59. The summed E-state index contributed by atoms with van der Waals surface area (Å²) in [6.45, 7) is 1.70. The second kappa shape index (κ2) is 4.82. The van der Waals surface area contributed by atoms with Gasteiger partial charge in [-0.3, -0.25) is 0 Å². The van der Waals surface area contributed by atoms with Crippen molar-refractivity contribution in [2.45, 2.75) is 6.92 Å². The number of aryl methyl sites for hydroxylation is 1. The lowest BCUT2D eigenvalue weighted by atomic mass is 10.2. The van der Waals surface area contributed by atoms with Crippen molar-refractivity contribution in [1.29, 1.82) is 0 Å². The molecule has 0 spiro atoms. The summed E-state index contributed by atoms with van der Waals surface area (Å²) in [6, 6.07) is 6.96. The Kier molecular flexibility index (Phi) is 3.21. The first kappa shape index (κ1) is 12.6. The minimum atomic E-state index is -0.479. The molecule has 0 aliphatic carbocycles. The number of imidazole rings is 1. The number of anilines is 1. The van der Waals surface area contributed by atoms with Gasteiger partial charge >= 0.3 is 5.82 Å². The van der Waals surface area contributed by atoms with Crippen molar-refractivity contribution in [1.82, 2.24) is 9.55 Å². The van der Waals surface area contributed by atoms with Gasteiger partial charge in [-0.05, 0) is 35.1 Å². The highest BCUT2D eigenvalue weighted by molar-refractivity contribution is 5.50. The molecule has 19 heavy (non-hydrogen) atoms. The predicted octanol–water partition coefficient (Wildman–Crippen LogP) is 1.62. The average Bonchev–Trinajstić information content (AvgIpc) is 2.64. The standard InChI is InChI=1S/C13H12N4O2/c1-9-15-12(13(16(9)2)17(18)19)8-5-10-3-6-11(14)7-4-10/h3-4,6-7H,14H2,1-2H3. The molecule has 6 nitrogen and oxygen atoms in total. The van der Waals surface area contributed by atoms with Gasteiger partial charge in [-0.15, -0.1) is 0 Å². The van der Waals surface area contributed by atoms with Gasteiger partial charge in [0.05, 0.1) is 7.05 Å². The lowest BCUT2D eigenvalue weighted by Crippen LogP contribution is -1.99. The van der Waals surface area contributed by atoms with E-state index >= 15 is 0 Å². The number of hydrogen-bond acceptors (Lipinski definition) is 4. The van der Waals surface area contributed by atoms with Gasteiger partial charge in [-0.25, -0.2) is 4.57 Å². The molecular formula is C13H12N4O2. The molecule has 0 unspecified atom stereocenters. The fraction of sp³-hybridized carbons (Fsp3) is 0.154. The van der Waals surface area contributed by atoms with Crippen LogP contribution in [0.1, 0.15) is 17.1 Å². The fourth-order valence-electron chi connectivity index (χ4n) is 1.59. The van der Waals surface area contributed by atoms with Gasteiger partial charge in [-0.2, -0.15) is 4.98 Å². The monoisotopic (exact) mass is 256 g/mol. The minimum Gasteiger partial charge on any atom is -0.399 e. The van der Waals surface area contributed by atoms with Crippen LogP contribution in [-0.4, -0.2) is 14.5 Å². The quantitative estimate of drug-likeness (QED) is 0.363. The van der Waals surface area contributed by atoms with Gasteiger partial charge < -0.3 is 15.8 Å². The smallest absolute Gasteiger partial charge is 0.358 e. The molecule has 0 amide bonds. The van der Waals surface area contributed by atoms with E-state index in [9.17, 15) is 10.1 Å². The van der Waals surface area contributed by atoms with Crippen LogP contribution in [0.15, 0.2) is 24.3 Å². The van der Waals surface area contributed by atoms with Crippen molar-refractivity contribution < 1.29 is 4.92 Å². The van der Waals surface area contributed by atoms with Gasteiger partial charge in [0.1, 0.15) is 0 Å². The van der Waals surface area contributed by atoms with E-state index in [0.717, 1.165) is 5.56 Å². The topological polar surface area (TPSA) is 87.0 Å². The van der Waals surface area contributed by atoms with Crippen LogP contribution in [0.3, 0.4) is 0 Å². The average molecular weight is 256 g/mol. The van der Waals surface area contributed by atoms with Crippen LogP contribution in [0.25, 0.3) is 0 Å². The molecule has 1 heterocycles. The van der Waals surface area contributed by atoms with Gasteiger partial charge in [0.15, 0.2) is 5.82 Å². The van der Waals surface area contributed by atoms with Gasteiger partial charge in [-0.1, -0.05) is 5.92 Å². The van der Waals surface area contributed by atoms with Crippen molar-refractivity contribution >= 4 is 11.5 Å². The molecule has 2 rings (SSSR count). The van der Waals surface area contributed by atoms with Crippen LogP contribution in [0, 0.1) is 28.9 Å². The van der Waals surface area contributed by atoms with Crippen molar-refractivity contribution in [2.24, 2.45) is 7.05 Å². The van der Waals surface area contributed by atoms with E-state index < -0.39 is 4.92 Å². The Bertz CT molecular complexity index is 690. The summed E-state index contributed by atoms with van der Waals surface area (Å²) >= 11 is 0. The summed E-state index contributed by atoms with van der Waals surface area (Å²) in [6.07, 6.45) is 0. The molecule has 0 fully saturated rings. The Balaban J connectivity index is 2.42. The highest BCUT2D eigenvalue weighted by Gasteiger charge is 2.20. The van der Waals surface area contributed by atoms with E-state index in [4.69, 9.17) is 5.73 Å². The van der Waals surface area contributed by atoms with Crippen molar-refractivity contribution in [3.05, 3.63) is 51.5 Å². The summed E-state index contributed by atoms with van der Waals surface area (Å²) in [4.78, 5) is 14.6. The van der Waals surface area contributed by atoms with E-state index in [1.165, 1.54) is 4.57 Å². The molecule has 0 saturated heterocycles. The van der Waals surface area contributed by atoms with E-state index in [1.54, 1.807) is 38.2 Å². The maximum absolute atomic E-state index is 11.0. The third-order valence-corrected chi connectivity index (χ3v) is 2.70. The molecule has 0 aliphatic rings. The van der Waals surface area contributed by atoms with Crippen LogP contribution in [0.2, 0.25) is 0 Å². The number of rotatable bonds is 1. The molecule has 0 atom stereocenters. The molecule has 1 aromatic carbocycles. The molecule has 1 aromatic heterocycles. The zero-order valence-corrected chi connectivity index (χ0v) is 10.5. The summed E-state index contributed by atoms with van der Waals surface area (Å²) < 4.78 is 1.41. The van der Waals surface area contributed by atoms with E-state index in [0.29, 0.717) is 11.5 Å². The SMILES string of the molecule is Cc1nc(C#Cc2ccc(N)cc2)c([N+](=O)[O-])n1C. The predicted molar refractivity (Wildman–Crippen MR) is 71.4 cm³/mol. The lowest BCUT2D eigenvalue weighted by molar-refractivity contribution is -0.392. The number of nitro groups is 1. The molecule has 2 N–H and O–H groups in total. The van der Waals surface area contributed by atoms with Crippen molar-refractivity contribution in [2.75, 3.05) is 5.73 Å². The van der Waals surface area contributed by atoms with Crippen LogP contribution in [0.4, 0.5) is 11.5 Å². The van der Waals surface area contributed by atoms with Crippen LogP contribution in [-0.2, 0) is 7.05 Å². The third kappa shape index (κ3) is 2.55. The Hall–Kier alpha value is -2.81. The molecule has 96 valence electrons. The highest BCUT2D eigenvalue weighted by atomic mass is 16.6. The third-order valence-electron chi connectivity index (χ3n) is 2.70. The first-order valence-electron chi connectivity index (χ1n) is 5.54. The van der Waals surface area contributed by atoms with Crippen LogP contribution >= 0.6 is 0 Å². The number of nitrogens with zero attached hydrogens (tertiary/aromatic N) is 3. The first-order valence-corrected chi connectivity index (χ1v) is 5.54. The highest BCUT2D eigenvalue weighted by Crippen LogP contribution is 2.17. The van der Waals surface area contributed by atoms with E-state index in [1.807, 2.05) is 0 Å². The van der Waals surface area contributed by atoms with Gasteiger partial charge in [0.25, 0.3) is 0 Å². The Morgan fingerprint density at radius 2 is 1.95 bits per heavy atom. The normalized spacial score (nSPS) is 9.79. The van der Waals surface area contributed by atoms with Crippen molar-refractivity contribution in [3.8, 4) is 11.8 Å². The lowest BCUT2D eigenvalue weighted by Gasteiger charge is -1.94. The van der Waals surface area contributed by atoms with Gasteiger partial charge in [0, 0.05) is 18.2 Å². The van der Waals surface area contributed by atoms with Crippen LogP contribution in [0.5, 0.6) is 0 Å². The largest absolute Gasteiger partial charge is 0.399 e.